The lowest BCUT2D eigenvalue weighted by Gasteiger charge is -2.09. The number of nitrogens with zero attached hydrogens (tertiary/aromatic N) is 2. The van der Waals surface area contributed by atoms with Crippen LogP contribution < -0.4 is 21.4 Å². The molecule has 9 nitrogen and oxygen atoms in total. The second kappa shape index (κ2) is 9.52. The van der Waals surface area contributed by atoms with Gasteiger partial charge in [-0.25, -0.2) is 0 Å². The monoisotopic (exact) mass is 447 g/mol. The summed E-state index contributed by atoms with van der Waals surface area (Å²) in [6.07, 6.45) is 0. The highest BCUT2D eigenvalue weighted by Gasteiger charge is 2.21. The number of rotatable bonds is 8. The van der Waals surface area contributed by atoms with Gasteiger partial charge in [0.25, 0.3) is 0 Å². The number of benzene rings is 3. The number of aromatic hydroxyl groups is 2. The van der Waals surface area contributed by atoms with Crippen LogP contribution in [-0.4, -0.2) is 64.9 Å². The second-order valence-electron chi connectivity index (χ2n) is 7.13. The molecule has 4 rings (SSSR count). The fraction of sp³-hybridized carbons (Fsp3) is 0.333. The zero-order chi connectivity index (χ0) is 21.3. The Bertz CT molecular complexity index is 1330. The molecule has 0 saturated heterocycles. The van der Waals surface area contributed by atoms with Gasteiger partial charge in [-0.2, -0.15) is 0 Å². The number of H-pyrrole nitrogens is 1. The number of nitrogens with one attached hydrogen (secondary N) is 3. The second-order valence-corrected chi connectivity index (χ2v) is 7.13. The number of aromatic amines is 1. The van der Waals surface area contributed by atoms with Crippen LogP contribution in [0.2, 0.25) is 0 Å². The average molecular weight is 448 g/mol. The molecule has 0 bridgehead atoms. The molecule has 0 atom stereocenters. The number of fused-ring (bicyclic) bond motifs is 2. The predicted molar refractivity (Wildman–Crippen MR) is 124 cm³/mol. The zero-order valence-electron chi connectivity index (χ0n) is 17.1. The molecule has 6 N–H and O–H groups in total. The van der Waals surface area contributed by atoms with Crippen molar-refractivity contribution in [3.05, 3.63) is 39.8 Å². The third-order valence-electron chi connectivity index (χ3n) is 5.26. The minimum Gasteiger partial charge on any atom is -0.507 e. The minimum atomic E-state index is -0.278. The number of phenolic OH excluding ortho intramolecular Hbond substituents is 2. The average Bonchev–Trinajstić information content (AvgIpc) is 3.11. The van der Waals surface area contributed by atoms with Crippen molar-refractivity contribution in [1.82, 2.24) is 20.4 Å². The van der Waals surface area contributed by atoms with Crippen molar-refractivity contribution < 1.29 is 15.3 Å². The molecule has 0 saturated carbocycles. The summed E-state index contributed by atoms with van der Waals surface area (Å²) in [5.74, 6) is -0.308. The molecular formula is C21H26ClN5O4. The highest BCUT2D eigenvalue weighted by Crippen LogP contribution is 2.41. The summed E-state index contributed by atoms with van der Waals surface area (Å²) in [5, 5.41) is 42.0. The molecule has 1 heterocycles. The van der Waals surface area contributed by atoms with Gasteiger partial charge in [0.2, 0.25) is 0 Å². The highest BCUT2D eigenvalue weighted by atomic mass is 35.5. The third kappa shape index (κ3) is 3.92. The zero-order valence-corrected chi connectivity index (χ0v) is 17.9. The van der Waals surface area contributed by atoms with Crippen LogP contribution in [0.25, 0.3) is 32.6 Å². The molecule has 0 aliphatic heterocycles. The van der Waals surface area contributed by atoms with Crippen molar-refractivity contribution in [2.45, 2.75) is 6.54 Å². The van der Waals surface area contributed by atoms with Crippen molar-refractivity contribution in [1.29, 1.82) is 0 Å². The molecule has 0 aliphatic carbocycles. The molecule has 1 aromatic heterocycles. The first-order valence-electron chi connectivity index (χ1n) is 9.90. The maximum atomic E-state index is 12.7. The van der Waals surface area contributed by atoms with Crippen LogP contribution in [0.3, 0.4) is 0 Å². The number of hydrogen-bond donors (Lipinski definition) is 6. The Hall–Kier alpha value is -2.85. The maximum absolute atomic E-state index is 12.7. The van der Waals surface area contributed by atoms with E-state index in [2.05, 4.69) is 20.7 Å². The number of halogens is 1. The van der Waals surface area contributed by atoms with Crippen LogP contribution in [0.15, 0.2) is 34.1 Å². The summed E-state index contributed by atoms with van der Waals surface area (Å²) in [6.45, 7) is 2.92. The SMILES string of the molecule is CNCCn1[nH]c2c3c(=O)ccc(O)c3c(O)c3c(=NCCNCCO)ccc1c32.Cl. The van der Waals surface area contributed by atoms with E-state index in [1.165, 1.54) is 12.1 Å². The van der Waals surface area contributed by atoms with Gasteiger partial charge in [0.15, 0.2) is 5.43 Å². The van der Waals surface area contributed by atoms with E-state index < -0.39 is 0 Å². The van der Waals surface area contributed by atoms with Crippen molar-refractivity contribution in [2.24, 2.45) is 4.99 Å². The van der Waals surface area contributed by atoms with Gasteiger partial charge in [0.1, 0.15) is 11.5 Å². The molecular weight excluding hydrogens is 422 g/mol. The van der Waals surface area contributed by atoms with Crippen LogP contribution in [0, 0.1) is 0 Å². The van der Waals surface area contributed by atoms with Crippen LogP contribution in [0.5, 0.6) is 11.5 Å². The lowest BCUT2D eigenvalue weighted by atomic mass is 9.99. The first-order valence-corrected chi connectivity index (χ1v) is 9.90. The highest BCUT2D eigenvalue weighted by molar-refractivity contribution is 6.23. The van der Waals surface area contributed by atoms with E-state index in [4.69, 9.17) is 5.11 Å². The number of phenols is 2. The normalized spacial score (nSPS) is 12.3. The predicted octanol–water partition coefficient (Wildman–Crippen LogP) is 0.609. The first-order chi connectivity index (χ1) is 14.6. The number of hydrogen-bond acceptors (Lipinski definition) is 7. The molecule has 0 fully saturated rings. The number of aromatic nitrogens is 2. The summed E-state index contributed by atoms with van der Waals surface area (Å²) in [7, 11) is 1.86. The topological polar surface area (TPSA) is 135 Å². The van der Waals surface area contributed by atoms with Crippen molar-refractivity contribution in [3.63, 3.8) is 0 Å². The van der Waals surface area contributed by atoms with Gasteiger partial charge in [0, 0.05) is 25.0 Å². The van der Waals surface area contributed by atoms with Crippen molar-refractivity contribution in [3.8, 4) is 11.5 Å². The Morgan fingerprint density at radius 1 is 1.03 bits per heavy atom. The molecule has 166 valence electrons. The number of aliphatic hydroxyl groups excluding tert-OH is 1. The smallest absolute Gasteiger partial charge is 0.189 e. The molecule has 0 unspecified atom stereocenters. The van der Waals surface area contributed by atoms with Gasteiger partial charge in [0.05, 0.1) is 52.2 Å². The fourth-order valence-corrected chi connectivity index (χ4v) is 3.91. The van der Waals surface area contributed by atoms with E-state index in [9.17, 15) is 15.0 Å². The summed E-state index contributed by atoms with van der Waals surface area (Å²) in [6, 6.07) is 6.35. The lowest BCUT2D eigenvalue weighted by molar-refractivity contribution is 0.293. The van der Waals surface area contributed by atoms with E-state index >= 15 is 0 Å². The Balaban J connectivity index is 0.00000272. The number of likely N-dealkylation sites (N-methyl/N-ethyl adjacent to an activating group) is 1. The first kappa shape index (κ1) is 22.8. The number of aliphatic hydroxyl groups is 1. The minimum absolute atomic E-state index is 0. The van der Waals surface area contributed by atoms with Gasteiger partial charge in [-0.1, -0.05) is 0 Å². The Kier molecular flexibility index (Phi) is 7.01. The van der Waals surface area contributed by atoms with E-state index in [0.717, 1.165) is 5.52 Å². The Labute approximate surface area is 183 Å². The molecule has 10 heteroatoms. The fourth-order valence-electron chi connectivity index (χ4n) is 3.91. The van der Waals surface area contributed by atoms with Crippen molar-refractivity contribution in [2.75, 3.05) is 39.8 Å². The van der Waals surface area contributed by atoms with E-state index in [-0.39, 0.29) is 46.7 Å². The van der Waals surface area contributed by atoms with E-state index in [1.807, 2.05) is 23.9 Å². The van der Waals surface area contributed by atoms with Gasteiger partial charge >= 0.3 is 0 Å². The van der Waals surface area contributed by atoms with Crippen LogP contribution >= 0.6 is 12.4 Å². The summed E-state index contributed by atoms with van der Waals surface area (Å²) in [5.41, 5.74) is 1.13. The van der Waals surface area contributed by atoms with Crippen LogP contribution in [0.1, 0.15) is 0 Å². The molecule has 31 heavy (non-hydrogen) atoms. The standard InChI is InChI=1S/C21H25N5O4.ClH/c1-22-8-10-26-13-3-2-12(24-7-6-23-9-11-27)16-17(13)20(25-26)18-14(28)4-5-15(29)19(18)21(16)30;/h2-5,22-23,25,27,29-30H,6-11H2,1H3;1H. The quantitative estimate of drug-likeness (QED) is 0.173. The van der Waals surface area contributed by atoms with Crippen LogP contribution in [0.4, 0.5) is 0 Å². The maximum Gasteiger partial charge on any atom is 0.189 e. The van der Waals surface area contributed by atoms with E-state index in [0.29, 0.717) is 54.4 Å². The van der Waals surface area contributed by atoms with Gasteiger partial charge in [-0.3, -0.25) is 19.6 Å². The van der Waals surface area contributed by atoms with Gasteiger partial charge in [-0.05, 0) is 31.3 Å². The molecule has 4 aromatic rings. The van der Waals surface area contributed by atoms with Gasteiger partial charge < -0.3 is 26.0 Å². The van der Waals surface area contributed by atoms with Crippen LogP contribution in [-0.2, 0) is 6.54 Å². The van der Waals surface area contributed by atoms with Gasteiger partial charge in [-0.15, -0.1) is 12.4 Å². The Morgan fingerprint density at radius 3 is 2.58 bits per heavy atom. The van der Waals surface area contributed by atoms with Crippen molar-refractivity contribution >= 4 is 45.0 Å². The summed E-state index contributed by atoms with van der Waals surface area (Å²) < 4.78 is 1.92. The molecule has 3 aromatic carbocycles. The summed E-state index contributed by atoms with van der Waals surface area (Å²) in [4.78, 5) is 17.3. The molecule has 0 spiro atoms. The largest absolute Gasteiger partial charge is 0.507 e. The molecule has 0 aliphatic rings. The molecule has 0 radical (unpaired) electrons. The third-order valence-corrected chi connectivity index (χ3v) is 5.26. The Morgan fingerprint density at radius 2 is 1.84 bits per heavy atom. The van der Waals surface area contributed by atoms with E-state index in [1.54, 1.807) is 0 Å². The summed E-state index contributed by atoms with van der Waals surface area (Å²) >= 11 is 0. The lowest BCUT2D eigenvalue weighted by Crippen LogP contribution is -2.22. The molecule has 0 amide bonds.